The fourth-order valence-corrected chi connectivity index (χ4v) is 2.36. The minimum absolute atomic E-state index is 0.605. The van der Waals surface area contributed by atoms with Gasteiger partial charge in [-0.2, -0.15) is 0 Å². The van der Waals surface area contributed by atoms with Crippen LogP contribution in [0.1, 0.15) is 0 Å². The maximum Gasteiger partial charge on any atom is 0.259 e. The molecule has 0 aliphatic heterocycles. The monoisotopic (exact) mass is 278 g/mol. The summed E-state index contributed by atoms with van der Waals surface area (Å²) in [5.74, 6) is 0.889. The molecule has 4 heteroatoms. The van der Waals surface area contributed by atoms with Crippen molar-refractivity contribution in [2.45, 2.75) is 13.1 Å². The Balaban J connectivity index is 2.80. The Labute approximate surface area is 93.3 Å². The van der Waals surface area contributed by atoms with Crippen molar-refractivity contribution in [2.24, 2.45) is 0 Å². The predicted octanol–water partition coefficient (Wildman–Crippen LogP) is 3.81. The van der Waals surface area contributed by atoms with E-state index in [4.69, 9.17) is 16.0 Å². The van der Waals surface area contributed by atoms with E-state index in [2.05, 4.69) is 29.0 Å². The molecule has 0 saturated carbocycles. The fourth-order valence-electron chi connectivity index (χ4n) is 0.852. The van der Waals surface area contributed by atoms with Crippen molar-refractivity contribution in [1.29, 1.82) is 0 Å². The Morgan fingerprint density at radius 2 is 2.00 bits per heavy atom. The molecule has 0 saturated heterocycles. The Morgan fingerprint density at radius 3 is 2.54 bits per heavy atom. The van der Waals surface area contributed by atoms with Crippen LogP contribution in [0.3, 0.4) is 0 Å². The van der Waals surface area contributed by atoms with Gasteiger partial charge in [-0.25, -0.2) is 0 Å². The molecule has 1 aromatic rings. The van der Waals surface area contributed by atoms with E-state index in [1.54, 1.807) is 0 Å². The summed E-state index contributed by atoms with van der Waals surface area (Å²) in [7, 11) is -1.71. The molecule has 0 atom stereocenters. The van der Waals surface area contributed by atoms with Crippen LogP contribution >= 0.6 is 27.5 Å². The normalized spacial score (nSPS) is 11.4. The van der Waals surface area contributed by atoms with E-state index in [9.17, 15) is 0 Å². The summed E-state index contributed by atoms with van der Waals surface area (Å²) in [6.07, 6.45) is 0. The molecule has 0 amide bonds. The zero-order valence-electron chi connectivity index (χ0n) is 7.68. The number of para-hydroxylation sites is 1. The van der Waals surface area contributed by atoms with Crippen molar-refractivity contribution in [2.75, 3.05) is 5.50 Å². The molecule has 1 aromatic carbocycles. The van der Waals surface area contributed by atoms with Crippen molar-refractivity contribution in [1.82, 2.24) is 0 Å². The number of benzene rings is 1. The van der Waals surface area contributed by atoms with Crippen LogP contribution in [0.2, 0.25) is 13.1 Å². The standard InChI is InChI=1S/C9H12BrClOSi/c1-13(2,7-11)12-9-6-4-3-5-8(9)10/h3-6H,7H2,1-2H3. The summed E-state index contributed by atoms with van der Waals surface area (Å²) in [5, 5.41) is 0. The topological polar surface area (TPSA) is 9.23 Å². The molecule has 0 aliphatic carbocycles. The molecule has 0 aromatic heterocycles. The highest BCUT2D eigenvalue weighted by Crippen LogP contribution is 2.26. The van der Waals surface area contributed by atoms with E-state index in [-0.39, 0.29) is 0 Å². The second-order valence-electron chi connectivity index (χ2n) is 3.43. The number of halogens is 2. The van der Waals surface area contributed by atoms with Gasteiger partial charge in [-0.05, 0) is 41.2 Å². The van der Waals surface area contributed by atoms with E-state index >= 15 is 0 Å². The third-order valence-electron chi connectivity index (χ3n) is 1.54. The first kappa shape index (κ1) is 11.1. The SMILES string of the molecule is C[Si](C)(CCl)Oc1ccccc1Br. The third kappa shape index (κ3) is 3.33. The van der Waals surface area contributed by atoms with Gasteiger partial charge in [0, 0.05) is 0 Å². The van der Waals surface area contributed by atoms with Crippen molar-refractivity contribution in [3.63, 3.8) is 0 Å². The number of alkyl halides is 1. The van der Waals surface area contributed by atoms with Crippen molar-refractivity contribution in [3.05, 3.63) is 28.7 Å². The van der Waals surface area contributed by atoms with Crippen LogP contribution in [0.25, 0.3) is 0 Å². The van der Waals surface area contributed by atoms with Gasteiger partial charge in [-0.15, -0.1) is 11.6 Å². The maximum atomic E-state index is 5.84. The third-order valence-corrected chi connectivity index (χ3v) is 5.55. The van der Waals surface area contributed by atoms with Gasteiger partial charge in [-0.1, -0.05) is 12.1 Å². The molecule has 0 heterocycles. The first-order chi connectivity index (χ1) is 6.05. The summed E-state index contributed by atoms with van der Waals surface area (Å²) in [5.41, 5.74) is 0.605. The van der Waals surface area contributed by atoms with Crippen molar-refractivity contribution >= 4 is 35.8 Å². The van der Waals surface area contributed by atoms with Gasteiger partial charge in [-0.3, -0.25) is 0 Å². The highest BCUT2D eigenvalue weighted by atomic mass is 79.9. The molecule has 13 heavy (non-hydrogen) atoms. The van der Waals surface area contributed by atoms with Gasteiger partial charge >= 0.3 is 0 Å². The lowest BCUT2D eigenvalue weighted by Gasteiger charge is -2.22. The summed E-state index contributed by atoms with van der Waals surface area (Å²) in [6.45, 7) is 4.19. The highest BCUT2D eigenvalue weighted by molar-refractivity contribution is 9.10. The van der Waals surface area contributed by atoms with Crippen LogP contribution in [0, 0.1) is 0 Å². The summed E-state index contributed by atoms with van der Waals surface area (Å²) in [6, 6.07) is 7.84. The molecule has 1 rings (SSSR count). The molecule has 0 aliphatic rings. The van der Waals surface area contributed by atoms with Gasteiger partial charge in [0.25, 0.3) is 8.32 Å². The molecule has 0 unspecified atom stereocenters. The average Bonchev–Trinajstić information content (AvgIpc) is 2.09. The highest BCUT2D eigenvalue weighted by Gasteiger charge is 2.23. The van der Waals surface area contributed by atoms with Crippen LogP contribution in [0.5, 0.6) is 5.75 Å². The summed E-state index contributed by atoms with van der Waals surface area (Å²) >= 11 is 9.25. The molecule has 0 N–H and O–H groups in total. The second-order valence-corrected chi connectivity index (χ2v) is 9.07. The summed E-state index contributed by atoms with van der Waals surface area (Å²) in [4.78, 5) is 0. The smallest absolute Gasteiger partial charge is 0.259 e. The first-order valence-electron chi connectivity index (χ1n) is 4.05. The first-order valence-corrected chi connectivity index (χ1v) is 8.49. The molecular formula is C9H12BrClOSi. The maximum absolute atomic E-state index is 5.84. The van der Waals surface area contributed by atoms with Crippen LogP contribution in [-0.4, -0.2) is 13.8 Å². The largest absolute Gasteiger partial charge is 0.542 e. The van der Waals surface area contributed by atoms with E-state index in [1.807, 2.05) is 24.3 Å². The summed E-state index contributed by atoms with van der Waals surface area (Å²) < 4.78 is 6.83. The van der Waals surface area contributed by atoms with Crippen molar-refractivity contribution < 1.29 is 4.43 Å². The van der Waals surface area contributed by atoms with E-state index in [0.717, 1.165) is 10.2 Å². The Kier molecular flexibility index (Phi) is 3.82. The molecule has 0 bridgehead atoms. The lowest BCUT2D eigenvalue weighted by molar-refractivity contribution is 0.552. The number of rotatable bonds is 3. The van der Waals surface area contributed by atoms with Gasteiger partial charge in [0.05, 0.1) is 9.98 Å². The van der Waals surface area contributed by atoms with E-state index in [1.165, 1.54) is 0 Å². The van der Waals surface area contributed by atoms with Gasteiger partial charge in [0.1, 0.15) is 5.75 Å². The zero-order chi connectivity index (χ0) is 9.90. The number of hydrogen-bond acceptors (Lipinski definition) is 1. The van der Waals surface area contributed by atoms with Crippen LogP contribution in [0.15, 0.2) is 28.7 Å². The Bertz CT molecular complexity index is 291. The zero-order valence-corrected chi connectivity index (χ0v) is 11.0. The quantitative estimate of drug-likeness (QED) is 0.604. The fraction of sp³-hybridized carbons (Fsp3) is 0.333. The molecule has 72 valence electrons. The minimum atomic E-state index is -1.71. The lowest BCUT2D eigenvalue weighted by Crippen LogP contribution is -2.36. The lowest BCUT2D eigenvalue weighted by atomic mass is 10.3. The molecule has 1 nitrogen and oxygen atoms in total. The van der Waals surface area contributed by atoms with Crippen LogP contribution in [-0.2, 0) is 0 Å². The molecule has 0 fully saturated rings. The van der Waals surface area contributed by atoms with Crippen molar-refractivity contribution in [3.8, 4) is 5.75 Å². The van der Waals surface area contributed by atoms with Gasteiger partial charge in [0.15, 0.2) is 0 Å². The van der Waals surface area contributed by atoms with E-state index in [0.29, 0.717) is 5.50 Å². The molecular weight excluding hydrogens is 268 g/mol. The van der Waals surface area contributed by atoms with E-state index < -0.39 is 8.32 Å². The van der Waals surface area contributed by atoms with Crippen LogP contribution < -0.4 is 4.43 Å². The molecule has 0 spiro atoms. The van der Waals surface area contributed by atoms with Crippen LogP contribution in [0.4, 0.5) is 0 Å². The average molecular weight is 280 g/mol. The van der Waals surface area contributed by atoms with Gasteiger partial charge < -0.3 is 4.43 Å². The number of hydrogen-bond donors (Lipinski definition) is 0. The predicted molar refractivity (Wildman–Crippen MR) is 63.0 cm³/mol. The second kappa shape index (κ2) is 4.49. The Morgan fingerprint density at radius 1 is 1.38 bits per heavy atom. The minimum Gasteiger partial charge on any atom is -0.542 e. The van der Waals surface area contributed by atoms with Gasteiger partial charge in [0.2, 0.25) is 0 Å². The Hall–Kier alpha value is 0.00688. The molecule has 0 radical (unpaired) electrons.